The van der Waals surface area contributed by atoms with Crippen LogP contribution < -0.4 is 0 Å². The number of carbonyl (C=O) groups is 2. The molecule has 2 bridgehead atoms. The predicted molar refractivity (Wildman–Crippen MR) is 108 cm³/mol. The summed E-state index contributed by atoms with van der Waals surface area (Å²) in [7, 11) is 0. The number of amides is 2. The number of hydrogen-bond donors (Lipinski definition) is 0. The van der Waals surface area contributed by atoms with Crippen LogP contribution in [0.2, 0.25) is 0 Å². The summed E-state index contributed by atoms with van der Waals surface area (Å²) in [6.07, 6.45) is 10.1. The Hall–Kier alpha value is -2.93. The van der Waals surface area contributed by atoms with Crippen LogP contribution in [0.4, 0.5) is 0 Å². The van der Waals surface area contributed by atoms with Crippen LogP contribution in [0.5, 0.6) is 0 Å². The van der Waals surface area contributed by atoms with Crippen LogP contribution >= 0.6 is 0 Å². The monoisotopic (exact) mass is 404 g/mol. The average Bonchev–Trinajstić information content (AvgIpc) is 3.53. The fourth-order valence-electron chi connectivity index (χ4n) is 5.58. The maximum absolute atomic E-state index is 13.5. The Labute approximate surface area is 174 Å². The lowest BCUT2D eigenvalue weighted by atomic mass is 9.76. The molecule has 0 aliphatic carbocycles. The molecule has 0 saturated carbocycles. The van der Waals surface area contributed by atoms with E-state index in [4.69, 9.17) is 4.74 Å². The zero-order valence-electron chi connectivity index (χ0n) is 16.7. The molecule has 0 unspecified atom stereocenters. The molecule has 7 nitrogen and oxygen atoms in total. The third-order valence-electron chi connectivity index (χ3n) is 7.08. The maximum atomic E-state index is 13.5. The van der Waals surface area contributed by atoms with Gasteiger partial charge in [0.25, 0.3) is 0 Å². The minimum Gasteiger partial charge on any atom is -0.360 e. The molecular weight excluding hydrogens is 380 g/mol. The molecule has 154 valence electrons. The Balaban J connectivity index is 1.21. The van der Waals surface area contributed by atoms with Crippen LogP contribution in [-0.2, 0) is 33.8 Å². The number of rotatable bonds is 4. The van der Waals surface area contributed by atoms with E-state index in [0.29, 0.717) is 26.2 Å². The highest BCUT2D eigenvalue weighted by atomic mass is 16.5. The van der Waals surface area contributed by atoms with E-state index in [1.54, 1.807) is 12.4 Å². The van der Waals surface area contributed by atoms with Gasteiger partial charge in [0.15, 0.2) is 0 Å². The smallest absolute Gasteiger partial charge is 0.230 e. The third kappa shape index (κ3) is 2.58. The van der Waals surface area contributed by atoms with Crippen LogP contribution in [0.3, 0.4) is 0 Å². The van der Waals surface area contributed by atoms with E-state index in [9.17, 15) is 9.59 Å². The molecule has 1 spiro atoms. The van der Waals surface area contributed by atoms with Crippen LogP contribution in [0.1, 0.15) is 11.3 Å². The zero-order chi connectivity index (χ0) is 20.3. The van der Waals surface area contributed by atoms with Crippen molar-refractivity contribution in [3.63, 3.8) is 0 Å². The minimum atomic E-state index is -0.643. The molecule has 2 saturated heterocycles. The van der Waals surface area contributed by atoms with Gasteiger partial charge in [-0.25, -0.2) is 0 Å². The van der Waals surface area contributed by atoms with Gasteiger partial charge in [-0.2, -0.15) is 0 Å². The van der Waals surface area contributed by atoms with Crippen LogP contribution in [0.15, 0.2) is 55.0 Å². The standard InChI is InChI=1S/C23H24N4O3/c28-21(26-13-12-25-10-1-2-17(25)14-26)19-18-3-7-23(30-18)15-27(22(29)20(19)23)11-6-16-4-8-24-9-5-16/h1-5,7-10,18-20H,6,11-15H2/t18-,19+,20+,23-/m0/s1. The van der Waals surface area contributed by atoms with Crippen molar-refractivity contribution in [2.24, 2.45) is 11.8 Å². The molecule has 2 aromatic rings. The number of ether oxygens (including phenoxy) is 1. The molecule has 7 heteroatoms. The van der Waals surface area contributed by atoms with E-state index in [1.165, 1.54) is 0 Å². The molecule has 2 amide bonds. The van der Waals surface area contributed by atoms with Crippen molar-refractivity contribution in [3.8, 4) is 0 Å². The highest BCUT2D eigenvalue weighted by Gasteiger charge is 2.67. The number of aromatic nitrogens is 2. The molecule has 30 heavy (non-hydrogen) atoms. The van der Waals surface area contributed by atoms with Gasteiger partial charge < -0.3 is 19.1 Å². The number of nitrogens with zero attached hydrogens (tertiary/aromatic N) is 4. The van der Waals surface area contributed by atoms with Gasteiger partial charge in [0.1, 0.15) is 5.60 Å². The normalized spacial score (nSPS) is 31.3. The van der Waals surface area contributed by atoms with Crippen molar-refractivity contribution in [1.82, 2.24) is 19.4 Å². The Morgan fingerprint density at radius 1 is 1.23 bits per heavy atom. The lowest BCUT2D eigenvalue weighted by Crippen LogP contribution is -2.48. The van der Waals surface area contributed by atoms with Crippen LogP contribution in [-0.4, -0.2) is 62.5 Å². The van der Waals surface area contributed by atoms with Gasteiger partial charge in [-0.1, -0.05) is 12.2 Å². The molecule has 6 heterocycles. The Kier molecular flexibility index (Phi) is 3.90. The number of fused-ring (bicyclic) bond motifs is 2. The number of carbonyl (C=O) groups excluding carboxylic acids is 2. The minimum absolute atomic E-state index is 0.0491. The van der Waals surface area contributed by atoms with Crippen molar-refractivity contribution in [3.05, 3.63) is 66.3 Å². The molecule has 6 rings (SSSR count). The molecule has 0 aromatic carbocycles. The summed E-state index contributed by atoms with van der Waals surface area (Å²) in [6, 6.07) is 8.02. The van der Waals surface area contributed by atoms with Gasteiger partial charge in [0.2, 0.25) is 11.8 Å². The van der Waals surface area contributed by atoms with Crippen molar-refractivity contribution < 1.29 is 14.3 Å². The number of pyridine rings is 1. The summed E-state index contributed by atoms with van der Waals surface area (Å²) in [5.41, 5.74) is 1.65. The second-order valence-corrected chi connectivity index (χ2v) is 8.72. The first kappa shape index (κ1) is 17.9. The molecule has 0 N–H and O–H groups in total. The second kappa shape index (κ2) is 6.54. The number of hydrogen-bond acceptors (Lipinski definition) is 4. The SMILES string of the molecule is O=C([C@@H]1[C@@H]2C=C[C@@]3(CN(CCc4ccncc4)C(=O)[C@@H]13)O2)N1CCn2cccc2C1. The Bertz CT molecular complexity index is 1030. The zero-order valence-corrected chi connectivity index (χ0v) is 16.7. The Morgan fingerprint density at radius 3 is 2.97 bits per heavy atom. The van der Waals surface area contributed by atoms with E-state index in [2.05, 4.69) is 21.8 Å². The fourth-order valence-corrected chi connectivity index (χ4v) is 5.58. The predicted octanol–water partition coefficient (Wildman–Crippen LogP) is 1.25. The Morgan fingerprint density at radius 2 is 2.10 bits per heavy atom. The first-order chi connectivity index (χ1) is 14.6. The average molecular weight is 404 g/mol. The van der Waals surface area contributed by atoms with Crippen molar-refractivity contribution in [1.29, 1.82) is 0 Å². The van der Waals surface area contributed by atoms with Crippen LogP contribution in [0, 0.1) is 11.8 Å². The third-order valence-corrected chi connectivity index (χ3v) is 7.08. The van der Waals surface area contributed by atoms with E-state index >= 15 is 0 Å². The summed E-state index contributed by atoms with van der Waals surface area (Å²) in [5.74, 6) is -0.733. The second-order valence-electron chi connectivity index (χ2n) is 8.72. The van der Waals surface area contributed by atoms with Gasteiger partial charge in [-0.3, -0.25) is 14.6 Å². The molecule has 0 radical (unpaired) electrons. The molecule has 4 aliphatic heterocycles. The van der Waals surface area contributed by atoms with E-state index in [0.717, 1.165) is 24.2 Å². The molecule has 4 aliphatic rings. The lowest BCUT2D eigenvalue weighted by molar-refractivity contribution is -0.144. The highest BCUT2D eigenvalue weighted by Crippen LogP contribution is 2.52. The summed E-state index contributed by atoms with van der Waals surface area (Å²) >= 11 is 0. The van der Waals surface area contributed by atoms with Crippen LogP contribution in [0.25, 0.3) is 0 Å². The summed E-state index contributed by atoms with van der Waals surface area (Å²) < 4.78 is 8.46. The molecule has 2 aromatic heterocycles. The van der Waals surface area contributed by atoms with Gasteiger partial charge in [0, 0.05) is 43.9 Å². The van der Waals surface area contributed by atoms with Gasteiger partial charge >= 0.3 is 0 Å². The van der Waals surface area contributed by atoms with E-state index < -0.39 is 17.4 Å². The van der Waals surface area contributed by atoms with Crippen molar-refractivity contribution in [2.75, 3.05) is 19.6 Å². The summed E-state index contributed by atoms with van der Waals surface area (Å²) in [4.78, 5) is 34.7. The summed E-state index contributed by atoms with van der Waals surface area (Å²) in [6.45, 7) is 3.22. The van der Waals surface area contributed by atoms with Crippen molar-refractivity contribution in [2.45, 2.75) is 31.2 Å². The van der Waals surface area contributed by atoms with Gasteiger partial charge in [0.05, 0.1) is 31.0 Å². The quantitative estimate of drug-likeness (QED) is 0.720. The topological polar surface area (TPSA) is 67.7 Å². The first-order valence-corrected chi connectivity index (χ1v) is 10.6. The lowest BCUT2D eigenvalue weighted by Gasteiger charge is -2.33. The molecule has 2 fully saturated rings. The van der Waals surface area contributed by atoms with Gasteiger partial charge in [-0.05, 0) is 36.2 Å². The largest absolute Gasteiger partial charge is 0.360 e. The molecular formula is C23H24N4O3. The van der Waals surface area contributed by atoms with E-state index in [-0.39, 0.29) is 17.9 Å². The maximum Gasteiger partial charge on any atom is 0.230 e. The highest BCUT2D eigenvalue weighted by molar-refractivity contribution is 5.93. The first-order valence-electron chi connectivity index (χ1n) is 10.6. The van der Waals surface area contributed by atoms with E-state index in [1.807, 2.05) is 40.2 Å². The van der Waals surface area contributed by atoms with Gasteiger partial charge in [-0.15, -0.1) is 0 Å². The molecule has 4 atom stereocenters. The number of likely N-dealkylation sites (tertiary alicyclic amines) is 1. The van der Waals surface area contributed by atoms with Crippen molar-refractivity contribution >= 4 is 11.8 Å². The fraction of sp³-hybridized carbons (Fsp3) is 0.435. The summed E-state index contributed by atoms with van der Waals surface area (Å²) in [5, 5.41) is 0.